The molecule has 124 valence electrons. The molecule has 1 aromatic carbocycles. The van der Waals surface area contributed by atoms with Crippen LogP contribution in [0.25, 0.3) is 0 Å². The van der Waals surface area contributed by atoms with Crippen LogP contribution >= 0.6 is 23.2 Å². The smallest absolute Gasteiger partial charge is 0.242 e. The van der Waals surface area contributed by atoms with E-state index in [1.807, 2.05) is 0 Å². The van der Waals surface area contributed by atoms with Gasteiger partial charge in [0, 0.05) is 18.8 Å². The van der Waals surface area contributed by atoms with Gasteiger partial charge >= 0.3 is 0 Å². The number of hydrogen-bond donors (Lipinski definition) is 1. The third-order valence-corrected chi connectivity index (χ3v) is 4.75. The Morgan fingerprint density at radius 2 is 1.91 bits per heavy atom. The molecule has 0 fully saturated rings. The molecule has 1 aromatic heterocycles. The minimum atomic E-state index is -3.84. The minimum Gasteiger partial charge on any atom is -0.492 e. The maximum Gasteiger partial charge on any atom is 0.242 e. The first-order valence-corrected chi connectivity index (χ1v) is 8.42. The van der Waals surface area contributed by atoms with Crippen LogP contribution in [0.15, 0.2) is 35.4 Å². The fraction of sp³-hybridized carbons (Fsp3) is 0.154. The van der Waals surface area contributed by atoms with Gasteiger partial charge in [0.25, 0.3) is 0 Å². The molecule has 0 aliphatic carbocycles. The van der Waals surface area contributed by atoms with E-state index in [2.05, 4.69) is 9.71 Å². The van der Waals surface area contributed by atoms with Crippen molar-refractivity contribution in [2.75, 3.05) is 13.2 Å². The zero-order valence-corrected chi connectivity index (χ0v) is 13.7. The Hall–Kier alpha value is -1.48. The Balaban J connectivity index is 1.92. The van der Waals surface area contributed by atoms with Crippen LogP contribution in [-0.4, -0.2) is 26.6 Å². The molecule has 0 saturated heterocycles. The van der Waals surface area contributed by atoms with Crippen molar-refractivity contribution in [1.82, 2.24) is 9.71 Å². The second kappa shape index (κ2) is 7.39. The van der Waals surface area contributed by atoms with Crippen molar-refractivity contribution in [3.63, 3.8) is 0 Å². The zero-order chi connectivity index (χ0) is 17.0. The number of sulfonamides is 1. The highest BCUT2D eigenvalue weighted by molar-refractivity contribution is 7.89. The number of halogens is 4. The Morgan fingerprint density at radius 3 is 2.57 bits per heavy atom. The number of nitrogens with zero attached hydrogens (tertiary/aromatic N) is 1. The number of rotatable bonds is 6. The summed E-state index contributed by atoms with van der Waals surface area (Å²) < 4.78 is 57.1. The Labute approximate surface area is 141 Å². The van der Waals surface area contributed by atoms with Gasteiger partial charge in [-0.1, -0.05) is 23.2 Å². The standard InChI is InChI=1S/C13H10Cl2F2N2O3S/c14-10-6-9(7-18-13(10)15)23(20,21)19-3-4-22-8-1-2-11(16)12(17)5-8/h1-2,5-7,19H,3-4H2. The maximum atomic E-state index is 13.0. The van der Waals surface area contributed by atoms with Crippen molar-refractivity contribution in [3.8, 4) is 5.75 Å². The molecule has 0 unspecified atom stereocenters. The summed E-state index contributed by atoms with van der Waals surface area (Å²) in [7, 11) is -3.84. The van der Waals surface area contributed by atoms with Gasteiger partial charge in [0.1, 0.15) is 22.4 Å². The van der Waals surface area contributed by atoms with Crippen LogP contribution in [0.1, 0.15) is 0 Å². The molecule has 0 spiro atoms. The predicted octanol–water partition coefficient (Wildman–Crippen LogP) is 3.02. The van der Waals surface area contributed by atoms with Gasteiger partial charge in [0.05, 0.1) is 5.02 Å². The molecule has 0 saturated carbocycles. The lowest BCUT2D eigenvalue weighted by Gasteiger charge is -2.09. The van der Waals surface area contributed by atoms with Gasteiger partial charge in [-0.05, 0) is 18.2 Å². The number of nitrogens with one attached hydrogen (secondary N) is 1. The summed E-state index contributed by atoms with van der Waals surface area (Å²) in [5.74, 6) is -1.96. The van der Waals surface area contributed by atoms with Gasteiger partial charge in [0.2, 0.25) is 10.0 Å². The van der Waals surface area contributed by atoms with Crippen molar-refractivity contribution in [2.24, 2.45) is 0 Å². The molecule has 1 N–H and O–H groups in total. The number of pyridine rings is 1. The van der Waals surface area contributed by atoms with Gasteiger partial charge in [-0.25, -0.2) is 26.9 Å². The van der Waals surface area contributed by atoms with Crippen LogP contribution in [-0.2, 0) is 10.0 Å². The van der Waals surface area contributed by atoms with Crippen LogP contribution in [0.5, 0.6) is 5.75 Å². The van der Waals surface area contributed by atoms with Gasteiger partial charge in [-0.3, -0.25) is 0 Å². The summed E-state index contributed by atoms with van der Waals surface area (Å²) in [6, 6.07) is 4.17. The summed E-state index contributed by atoms with van der Waals surface area (Å²) in [6.45, 7) is -0.180. The van der Waals surface area contributed by atoms with Crippen molar-refractivity contribution in [3.05, 3.63) is 52.3 Å². The van der Waals surface area contributed by atoms with Crippen LogP contribution in [0.2, 0.25) is 10.2 Å². The number of ether oxygens (including phenoxy) is 1. The predicted molar refractivity (Wildman–Crippen MR) is 81.3 cm³/mol. The minimum absolute atomic E-state index is 0.00702. The SMILES string of the molecule is O=S(=O)(NCCOc1ccc(F)c(F)c1)c1cnc(Cl)c(Cl)c1. The number of aromatic nitrogens is 1. The molecule has 0 bridgehead atoms. The normalized spacial score (nSPS) is 11.5. The van der Waals surface area contributed by atoms with E-state index in [0.29, 0.717) is 0 Å². The lowest BCUT2D eigenvalue weighted by molar-refractivity contribution is 0.319. The topological polar surface area (TPSA) is 68.3 Å². The van der Waals surface area contributed by atoms with E-state index in [-0.39, 0.29) is 34.0 Å². The summed E-state index contributed by atoms with van der Waals surface area (Å²) in [5.41, 5.74) is 0. The Kier molecular flexibility index (Phi) is 5.74. The van der Waals surface area contributed by atoms with Gasteiger partial charge in [0.15, 0.2) is 11.6 Å². The van der Waals surface area contributed by atoms with E-state index in [9.17, 15) is 17.2 Å². The summed E-state index contributed by atoms with van der Waals surface area (Å²) in [6.07, 6.45) is 1.06. The van der Waals surface area contributed by atoms with E-state index in [1.54, 1.807) is 0 Å². The molecule has 0 amide bonds. The molecule has 10 heteroatoms. The monoisotopic (exact) mass is 382 g/mol. The average molecular weight is 383 g/mol. The van der Waals surface area contributed by atoms with Gasteiger partial charge in [-0.2, -0.15) is 0 Å². The first-order valence-electron chi connectivity index (χ1n) is 6.18. The molecule has 0 radical (unpaired) electrons. The van der Waals surface area contributed by atoms with Gasteiger partial charge in [-0.15, -0.1) is 0 Å². The molecule has 5 nitrogen and oxygen atoms in total. The lowest BCUT2D eigenvalue weighted by Crippen LogP contribution is -2.28. The fourth-order valence-electron chi connectivity index (χ4n) is 1.55. The molecular weight excluding hydrogens is 373 g/mol. The highest BCUT2D eigenvalue weighted by Crippen LogP contribution is 2.22. The quantitative estimate of drug-likeness (QED) is 0.615. The van der Waals surface area contributed by atoms with Crippen molar-refractivity contribution in [2.45, 2.75) is 4.90 Å². The third-order valence-electron chi connectivity index (χ3n) is 2.64. The van der Waals surface area contributed by atoms with Crippen molar-refractivity contribution < 1.29 is 21.9 Å². The largest absolute Gasteiger partial charge is 0.492 e. The molecule has 1 heterocycles. The summed E-state index contributed by atoms with van der Waals surface area (Å²) >= 11 is 11.3. The van der Waals surface area contributed by atoms with Crippen LogP contribution in [0.3, 0.4) is 0 Å². The van der Waals surface area contributed by atoms with E-state index in [0.717, 1.165) is 24.4 Å². The average Bonchev–Trinajstić information content (AvgIpc) is 2.50. The van der Waals surface area contributed by atoms with E-state index in [4.69, 9.17) is 27.9 Å². The third kappa shape index (κ3) is 4.74. The molecule has 0 aliphatic rings. The fourth-order valence-corrected chi connectivity index (χ4v) is 2.86. The van der Waals surface area contributed by atoms with E-state index in [1.165, 1.54) is 6.07 Å². The second-order valence-electron chi connectivity index (χ2n) is 4.27. The zero-order valence-electron chi connectivity index (χ0n) is 11.4. The first-order chi connectivity index (χ1) is 10.8. The molecule has 0 aliphatic heterocycles. The Morgan fingerprint density at radius 1 is 1.17 bits per heavy atom. The van der Waals surface area contributed by atoms with E-state index < -0.39 is 21.7 Å². The summed E-state index contributed by atoms with van der Waals surface area (Å²) in [4.78, 5) is 3.49. The lowest BCUT2D eigenvalue weighted by atomic mass is 10.3. The maximum absolute atomic E-state index is 13.0. The highest BCUT2D eigenvalue weighted by atomic mass is 35.5. The molecule has 23 heavy (non-hydrogen) atoms. The highest BCUT2D eigenvalue weighted by Gasteiger charge is 2.15. The van der Waals surface area contributed by atoms with Crippen LogP contribution in [0.4, 0.5) is 8.78 Å². The van der Waals surface area contributed by atoms with Gasteiger partial charge < -0.3 is 4.74 Å². The van der Waals surface area contributed by atoms with Crippen LogP contribution in [0, 0.1) is 11.6 Å². The van der Waals surface area contributed by atoms with Crippen molar-refractivity contribution in [1.29, 1.82) is 0 Å². The molecule has 2 aromatic rings. The summed E-state index contributed by atoms with van der Waals surface area (Å²) in [5, 5.41) is -0.000125. The van der Waals surface area contributed by atoms with Crippen LogP contribution < -0.4 is 9.46 Å². The number of benzene rings is 1. The van der Waals surface area contributed by atoms with Crippen molar-refractivity contribution >= 4 is 33.2 Å². The molecule has 2 rings (SSSR count). The Bertz CT molecular complexity index is 819. The molecular formula is C13H10Cl2F2N2O3S. The second-order valence-corrected chi connectivity index (χ2v) is 6.80. The number of hydrogen-bond acceptors (Lipinski definition) is 4. The first kappa shape index (κ1) is 17.9. The molecule has 0 atom stereocenters. The van der Waals surface area contributed by atoms with E-state index >= 15 is 0 Å².